The number of rotatable bonds is 2. The van der Waals surface area contributed by atoms with E-state index in [2.05, 4.69) is 9.97 Å². The number of anilines is 1. The van der Waals surface area contributed by atoms with Gasteiger partial charge in [-0.2, -0.15) is 21.7 Å². The van der Waals surface area contributed by atoms with Crippen LogP contribution in [0.15, 0.2) is 0 Å². The summed E-state index contributed by atoms with van der Waals surface area (Å²) in [6, 6.07) is 0. The van der Waals surface area contributed by atoms with Crippen molar-refractivity contribution >= 4 is 29.5 Å². The van der Waals surface area contributed by atoms with Crippen LogP contribution in [-0.2, 0) is 0 Å². The molecule has 110 valence electrons. The quantitative estimate of drug-likeness (QED) is 0.845. The highest BCUT2D eigenvalue weighted by Gasteiger charge is 2.23. The second-order valence-electron chi connectivity index (χ2n) is 5.53. The predicted molar refractivity (Wildman–Crippen MR) is 87.2 cm³/mol. The molecule has 0 amide bonds. The first kappa shape index (κ1) is 14.4. The fraction of sp³-hybridized carbons (Fsp3) is 0.786. The van der Waals surface area contributed by atoms with Gasteiger partial charge in [0, 0.05) is 23.2 Å². The highest BCUT2D eigenvalue weighted by molar-refractivity contribution is 8.06. The molecule has 2 fully saturated rings. The number of nitrogens with two attached hydrogens (primary N) is 1. The molecular formula is C14H22N4S2. The summed E-state index contributed by atoms with van der Waals surface area (Å²) in [7, 11) is 0. The van der Waals surface area contributed by atoms with E-state index in [1.165, 1.54) is 50.0 Å². The van der Waals surface area contributed by atoms with Gasteiger partial charge >= 0.3 is 0 Å². The van der Waals surface area contributed by atoms with Crippen LogP contribution in [0.2, 0.25) is 0 Å². The molecular weight excluding hydrogens is 288 g/mol. The summed E-state index contributed by atoms with van der Waals surface area (Å²) in [6.07, 6.45) is 7.68. The third-order valence-electron chi connectivity index (χ3n) is 4.01. The van der Waals surface area contributed by atoms with Gasteiger partial charge in [-0.15, -0.1) is 11.8 Å². The smallest absolute Gasteiger partial charge is 0.223 e. The van der Waals surface area contributed by atoms with Crippen molar-refractivity contribution in [3.05, 3.63) is 11.6 Å². The average molecular weight is 310 g/mol. The summed E-state index contributed by atoms with van der Waals surface area (Å²) in [5.41, 5.74) is 5.93. The van der Waals surface area contributed by atoms with Crippen LogP contribution < -0.4 is 5.73 Å². The minimum atomic E-state index is 0.392. The standard InChI is InChI=1S/C14H22N4S2/c15-14-17-12(10-5-3-1-2-4-6-10)16-13(18-14)11-9-19-7-8-20-11/h10-11H,1-9H2,(H2,15,16,17,18). The van der Waals surface area contributed by atoms with Crippen LogP contribution in [-0.4, -0.2) is 32.2 Å². The summed E-state index contributed by atoms with van der Waals surface area (Å²) >= 11 is 3.94. The number of nitrogen functional groups attached to an aromatic ring is 1. The molecule has 6 heteroatoms. The van der Waals surface area contributed by atoms with Crippen molar-refractivity contribution in [2.45, 2.75) is 49.7 Å². The first-order chi connectivity index (χ1) is 9.83. The van der Waals surface area contributed by atoms with Gasteiger partial charge in [-0.3, -0.25) is 0 Å². The molecule has 1 aromatic rings. The first-order valence-electron chi connectivity index (χ1n) is 7.53. The molecule has 0 aromatic carbocycles. The normalized spacial score (nSPS) is 25.3. The minimum absolute atomic E-state index is 0.392. The molecule has 1 saturated carbocycles. The van der Waals surface area contributed by atoms with Crippen molar-refractivity contribution in [1.82, 2.24) is 15.0 Å². The van der Waals surface area contributed by atoms with Gasteiger partial charge in [-0.1, -0.05) is 25.7 Å². The highest BCUT2D eigenvalue weighted by Crippen LogP contribution is 2.36. The van der Waals surface area contributed by atoms with E-state index in [0.29, 0.717) is 17.1 Å². The zero-order valence-electron chi connectivity index (χ0n) is 11.8. The number of nitrogens with zero attached hydrogens (tertiary/aromatic N) is 3. The number of aromatic nitrogens is 3. The summed E-state index contributed by atoms with van der Waals surface area (Å²) in [6.45, 7) is 0. The summed E-state index contributed by atoms with van der Waals surface area (Å²) in [5, 5.41) is 0.392. The molecule has 1 atom stereocenters. The Morgan fingerprint density at radius 3 is 2.35 bits per heavy atom. The first-order valence-corrected chi connectivity index (χ1v) is 9.74. The Balaban J connectivity index is 1.81. The molecule has 1 unspecified atom stereocenters. The number of hydrogen-bond donors (Lipinski definition) is 1. The van der Waals surface area contributed by atoms with Gasteiger partial charge in [0.2, 0.25) is 5.95 Å². The molecule has 3 rings (SSSR count). The van der Waals surface area contributed by atoms with Crippen LogP contribution in [0.3, 0.4) is 0 Å². The van der Waals surface area contributed by atoms with E-state index in [1.54, 1.807) is 0 Å². The van der Waals surface area contributed by atoms with Crippen molar-refractivity contribution < 1.29 is 0 Å². The van der Waals surface area contributed by atoms with E-state index in [4.69, 9.17) is 10.7 Å². The summed E-state index contributed by atoms with van der Waals surface area (Å²) in [5.74, 6) is 6.27. The third kappa shape index (κ3) is 3.58. The van der Waals surface area contributed by atoms with Crippen LogP contribution in [0, 0.1) is 0 Å². The maximum Gasteiger partial charge on any atom is 0.223 e. The maximum absolute atomic E-state index is 5.93. The molecule has 2 heterocycles. The Hall–Kier alpha value is -0.490. The van der Waals surface area contributed by atoms with E-state index < -0.39 is 0 Å². The maximum atomic E-state index is 5.93. The van der Waals surface area contributed by atoms with Gasteiger partial charge in [0.15, 0.2) is 0 Å². The van der Waals surface area contributed by atoms with Crippen molar-refractivity contribution in [1.29, 1.82) is 0 Å². The third-order valence-corrected chi connectivity index (χ3v) is 6.76. The van der Waals surface area contributed by atoms with Crippen LogP contribution >= 0.6 is 23.5 Å². The van der Waals surface area contributed by atoms with Gasteiger partial charge in [0.05, 0.1) is 5.25 Å². The van der Waals surface area contributed by atoms with Crippen molar-refractivity contribution in [3.63, 3.8) is 0 Å². The molecule has 4 nitrogen and oxygen atoms in total. The van der Waals surface area contributed by atoms with E-state index in [0.717, 1.165) is 17.4 Å². The van der Waals surface area contributed by atoms with E-state index in [-0.39, 0.29) is 0 Å². The number of hydrogen-bond acceptors (Lipinski definition) is 6. The lowest BCUT2D eigenvalue weighted by atomic mass is 9.99. The zero-order chi connectivity index (χ0) is 13.8. The van der Waals surface area contributed by atoms with Crippen molar-refractivity contribution in [2.75, 3.05) is 23.0 Å². The molecule has 0 spiro atoms. The van der Waals surface area contributed by atoms with Gasteiger partial charge in [0.25, 0.3) is 0 Å². The van der Waals surface area contributed by atoms with Gasteiger partial charge in [-0.25, -0.2) is 4.98 Å². The van der Waals surface area contributed by atoms with Crippen LogP contribution in [0.1, 0.15) is 61.3 Å². The Morgan fingerprint density at radius 1 is 0.900 bits per heavy atom. The molecule has 1 aromatic heterocycles. The average Bonchev–Trinajstić information content (AvgIpc) is 2.77. The zero-order valence-corrected chi connectivity index (χ0v) is 13.4. The lowest BCUT2D eigenvalue weighted by Crippen LogP contribution is -2.16. The molecule has 0 bridgehead atoms. The Bertz CT molecular complexity index is 441. The summed E-state index contributed by atoms with van der Waals surface area (Å²) in [4.78, 5) is 13.6. The van der Waals surface area contributed by atoms with Crippen molar-refractivity contribution in [2.24, 2.45) is 0 Å². The van der Waals surface area contributed by atoms with Crippen LogP contribution in [0.4, 0.5) is 5.95 Å². The van der Waals surface area contributed by atoms with E-state index in [1.807, 2.05) is 23.5 Å². The fourth-order valence-electron chi connectivity index (χ4n) is 2.93. The van der Waals surface area contributed by atoms with E-state index >= 15 is 0 Å². The SMILES string of the molecule is Nc1nc(C2CCCCCC2)nc(C2CSCCS2)n1. The fourth-order valence-corrected chi connectivity index (χ4v) is 5.53. The van der Waals surface area contributed by atoms with Crippen molar-refractivity contribution in [3.8, 4) is 0 Å². The second-order valence-corrected chi connectivity index (χ2v) is 7.99. The molecule has 20 heavy (non-hydrogen) atoms. The molecule has 1 aliphatic heterocycles. The lowest BCUT2D eigenvalue weighted by Gasteiger charge is -2.21. The van der Waals surface area contributed by atoms with E-state index in [9.17, 15) is 0 Å². The minimum Gasteiger partial charge on any atom is -0.368 e. The molecule has 1 aliphatic carbocycles. The van der Waals surface area contributed by atoms with Crippen LogP contribution in [0.5, 0.6) is 0 Å². The highest BCUT2D eigenvalue weighted by atomic mass is 32.2. The molecule has 2 N–H and O–H groups in total. The lowest BCUT2D eigenvalue weighted by molar-refractivity contribution is 0.554. The largest absolute Gasteiger partial charge is 0.368 e. The molecule has 2 aliphatic rings. The number of thioether (sulfide) groups is 2. The predicted octanol–water partition coefficient (Wildman–Crippen LogP) is 3.41. The summed E-state index contributed by atoms with van der Waals surface area (Å²) < 4.78 is 0. The van der Waals surface area contributed by atoms with Gasteiger partial charge in [-0.05, 0) is 12.8 Å². The monoisotopic (exact) mass is 310 g/mol. The Kier molecular flexibility index (Phi) is 5.04. The van der Waals surface area contributed by atoms with Gasteiger partial charge < -0.3 is 5.73 Å². The van der Waals surface area contributed by atoms with Crippen LogP contribution in [0.25, 0.3) is 0 Å². The molecule has 1 saturated heterocycles. The van der Waals surface area contributed by atoms with Gasteiger partial charge in [0.1, 0.15) is 11.6 Å². The Labute approximate surface area is 129 Å². The molecule has 0 radical (unpaired) electrons. The second kappa shape index (κ2) is 6.98. The Morgan fingerprint density at radius 2 is 1.65 bits per heavy atom. The topological polar surface area (TPSA) is 64.7 Å².